The summed E-state index contributed by atoms with van der Waals surface area (Å²) in [5.74, 6) is -1.16. The molecule has 2 heterocycles. The molecule has 0 unspecified atom stereocenters. The Labute approximate surface area is 119 Å². The third-order valence-corrected chi connectivity index (χ3v) is 3.97. The summed E-state index contributed by atoms with van der Waals surface area (Å²) in [4.78, 5) is 24.7. The molecule has 1 amide bonds. The van der Waals surface area contributed by atoms with Gasteiger partial charge in [-0.25, -0.2) is 4.79 Å². The van der Waals surface area contributed by atoms with E-state index in [-0.39, 0.29) is 12.0 Å². The van der Waals surface area contributed by atoms with E-state index in [0.717, 1.165) is 32.3 Å². The Morgan fingerprint density at radius 1 is 1.35 bits per heavy atom. The predicted molar refractivity (Wildman–Crippen MR) is 71.4 cm³/mol. The van der Waals surface area contributed by atoms with Crippen molar-refractivity contribution in [3.05, 3.63) is 0 Å². The normalized spacial score (nSPS) is 28.4. The summed E-state index contributed by atoms with van der Waals surface area (Å²) in [6, 6.07) is -0.695. The number of likely N-dealkylation sites (tertiary alicyclic amines) is 1. The highest BCUT2D eigenvalue weighted by Gasteiger charge is 2.36. The van der Waals surface area contributed by atoms with Crippen molar-refractivity contribution >= 4 is 11.9 Å². The summed E-state index contributed by atoms with van der Waals surface area (Å²) in [7, 11) is 0. The fraction of sp³-hybridized carbons (Fsp3) is 0.857. The molecule has 2 aliphatic heterocycles. The smallest absolute Gasteiger partial charge is 0.326 e. The van der Waals surface area contributed by atoms with Gasteiger partial charge in [-0.15, -0.1) is 0 Å². The van der Waals surface area contributed by atoms with Crippen molar-refractivity contribution in [3.63, 3.8) is 0 Å². The first-order chi connectivity index (χ1) is 9.59. The zero-order valence-corrected chi connectivity index (χ0v) is 11.9. The number of hydrogen-bond acceptors (Lipinski definition) is 4. The Morgan fingerprint density at radius 3 is 2.80 bits per heavy atom. The molecule has 0 aromatic rings. The summed E-state index contributed by atoms with van der Waals surface area (Å²) >= 11 is 0. The van der Waals surface area contributed by atoms with Crippen LogP contribution in [0, 0.1) is 0 Å². The fourth-order valence-corrected chi connectivity index (χ4v) is 2.78. The molecule has 2 saturated heterocycles. The number of carboxylic acids is 1. The Kier molecular flexibility index (Phi) is 5.37. The summed E-state index contributed by atoms with van der Waals surface area (Å²) in [5, 5.41) is 9.09. The highest BCUT2D eigenvalue weighted by molar-refractivity contribution is 5.86. The largest absolute Gasteiger partial charge is 0.480 e. The first-order valence-electron chi connectivity index (χ1n) is 7.36. The van der Waals surface area contributed by atoms with Crippen LogP contribution in [0.3, 0.4) is 0 Å². The van der Waals surface area contributed by atoms with Gasteiger partial charge in [0.15, 0.2) is 0 Å². The van der Waals surface area contributed by atoms with Crippen molar-refractivity contribution in [1.82, 2.24) is 4.90 Å². The fourth-order valence-electron chi connectivity index (χ4n) is 2.78. The molecule has 2 fully saturated rings. The number of carbonyl (C=O) groups is 2. The lowest BCUT2D eigenvalue weighted by Crippen LogP contribution is -2.46. The van der Waals surface area contributed by atoms with Gasteiger partial charge >= 0.3 is 5.97 Å². The monoisotopic (exact) mass is 285 g/mol. The molecule has 114 valence electrons. The number of rotatable bonds is 5. The summed E-state index contributed by atoms with van der Waals surface area (Å²) in [6.45, 7) is 3.34. The van der Waals surface area contributed by atoms with Gasteiger partial charge in [-0.3, -0.25) is 4.79 Å². The average molecular weight is 285 g/mol. The topological polar surface area (TPSA) is 76.1 Å². The molecule has 0 saturated carbocycles. The number of carbonyl (C=O) groups excluding carboxylic acids is 1. The zero-order valence-electron chi connectivity index (χ0n) is 11.9. The van der Waals surface area contributed by atoms with Crippen LogP contribution in [0.5, 0.6) is 0 Å². The van der Waals surface area contributed by atoms with Gasteiger partial charge in [0.1, 0.15) is 12.1 Å². The number of hydrogen-bond donors (Lipinski definition) is 1. The summed E-state index contributed by atoms with van der Waals surface area (Å²) < 4.78 is 11.1. The van der Waals surface area contributed by atoms with E-state index in [9.17, 15) is 9.59 Å². The maximum Gasteiger partial charge on any atom is 0.326 e. The van der Waals surface area contributed by atoms with E-state index < -0.39 is 18.1 Å². The van der Waals surface area contributed by atoms with E-state index >= 15 is 0 Å². The van der Waals surface area contributed by atoms with Crippen molar-refractivity contribution < 1.29 is 24.2 Å². The SMILES string of the molecule is C[C@@H](OC[C@@H]1CCCCO1)C(=O)N1CCC[C@@H]1C(=O)O. The molecule has 1 N–H and O–H groups in total. The lowest BCUT2D eigenvalue weighted by atomic mass is 10.1. The number of carboxylic acid groups (broad SMARTS) is 1. The van der Waals surface area contributed by atoms with Crippen LogP contribution in [-0.2, 0) is 19.1 Å². The summed E-state index contributed by atoms with van der Waals surface area (Å²) in [5.41, 5.74) is 0. The van der Waals surface area contributed by atoms with Crippen LogP contribution in [0.25, 0.3) is 0 Å². The van der Waals surface area contributed by atoms with Gasteiger partial charge in [-0.2, -0.15) is 0 Å². The Bertz CT molecular complexity index is 353. The molecule has 0 spiro atoms. The van der Waals surface area contributed by atoms with Crippen LogP contribution >= 0.6 is 0 Å². The molecular formula is C14H23NO5. The molecular weight excluding hydrogens is 262 g/mol. The molecule has 0 aromatic heterocycles. The lowest BCUT2D eigenvalue weighted by Gasteiger charge is -2.27. The van der Waals surface area contributed by atoms with E-state index in [2.05, 4.69) is 0 Å². The Morgan fingerprint density at radius 2 is 2.15 bits per heavy atom. The number of aliphatic carboxylic acids is 1. The third kappa shape index (κ3) is 3.70. The minimum absolute atomic E-state index is 0.0628. The first-order valence-corrected chi connectivity index (χ1v) is 7.36. The second-order valence-corrected chi connectivity index (χ2v) is 5.49. The van der Waals surface area contributed by atoms with Gasteiger partial charge < -0.3 is 19.5 Å². The van der Waals surface area contributed by atoms with Crippen molar-refractivity contribution in [2.45, 2.75) is 57.3 Å². The van der Waals surface area contributed by atoms with Gasteiger partial charge in [0.2, 0.25) is 0 Å². The van der Waals surface area contributed by atoms with Gasteiger partial charge in [-0.05, 0) is 39.0 Å². The molecule has 0 aliphatic carbocycles. The van der Waals surface area contributed by atoms with Gasteiger partial charge in [0, 0.05) is 13.2 Å². The van der Waals surface area contributed by atoms with E-state index in [0.29, 0.717) is 19.6 Å². The first kappa shape index (κ1) is 15.3. The zero-order chi connectivity index (χ0) is 14.5. The molecule has 6 nitrogen and oxygen atoms in total. The average Bonchev–Trinajstić information content (AvgIpc) is 2.94. The minimum atomic E-state index is -0.932. The molecule has 3 atom stereocenters. The van der Waals surface area contributed by atoms with E-state index in [1.54, 1.807) is 6.92 Å². The van der Waals surface area contributed by atoms with Crippen LogP contribution in [-0.4, -0.2) is 59.9 Å². The van der Waals surface area contributed by atoms with E-state index in [4.69, 9.17) is 14.6 Å². The standard InChI is InChI=1S/C14H23NO5/c1-10(20-9-11-5-2-3-8-19-11)13(16)15-7-4-6-12(15)14(17)18/h10-12H,2-9H2,1H3,(H,17,18)/t10-,11+,12-/m1/s1. The van der Waals surface area contributed by atoms with Gasteiger partial charge in [0.05, 0.1) is 12.7 Å². The third-order valence-electron chi connectivity index (χ3n) is 3.97. The molecule has 6 heteroatoms. The van der Waals surface area contributed by atoms with Crippen LogP contribution in [0.4, 0.5) is 0 Å². The highest BCUT2D eigenvalue weighted by atomic mass is 16.5. The second kappa shape index (κ2) is 7.04. The number of amides is 1. The van der Waals surface area contributed by atoms with Crippen LogP contribution < -0.4 is 0 Å². The summed E-state index contributed by atoms with van der Waals surface area (Å²) in [6.07, 6.45) is 3.89. The van der Waals surface area contributed by atoms with Crippen molar-refractivity contribution in [1.29, 1.82) is 0 Å². The molecule has 0 aromatic carbocycles. The highest BCUT2D eigenvalue weighted by Crippen LogP contribution is 2.20. The maximum atomic E-state index is 12.2. The van der Waals surface area contributed by atoms with Crippen LogP contribution in [0.2, 0.25) is 0 Å². The minimum Gasteiger partial charge on any atom is -0.480 e. The van der Waals surface area contributed by atoms with E-state index in [1.165, 1.54) is 4.90 Å². The second-order valence-electron chi connectivity index (χ2n) is 5.49. The lowest BCUT2D eigenvalue weighted by molar-refractivity contribution is -0.155. The van der Waals surface area contributed by atoms with Crippen molar-refractivity contribution in [2.24, 2.45) is 0 Å². The number of ether oxygens (including phenoxy) is 2. The number of nitrogens with zero attached hydrogens (tertiary/aromatic N) is 1. The molecule has 0 radical (unpaired) electrons. The Balaban J connectivity index is 1.80. The molecule has 2 aliphatic rings. The molecule has 0 bridgehead atoms. The molecule has 2 rings (SSSR count). The van der Waals surface area contributed by atoms with Crippen molar-refractivity contribution in [2.75, 3.05) is 19.8 Å². The predicted octanol–water partition coefficient (Wildman–Crippen LogP) is 1.04. The maximum absolute atomic E-state index is 12.2. The van der Waals surface area contributed by atoms with Crippen molar-refractivity contribution in [3.8, 4) is 0 Å². The van der Waals surface area contributed by atoms with E-state index in [1.807, 2.05) is 0 Å². The Hall–Kier alpha value is -1.14. The molecule has 20 heavy (non-hydrogen) atoms. The van der Waals surface area contributed by atoms with Crippen LogP contribution in [0.1, 0.15) is 39.0 Å². The quantitative estimate of drug-likeness (QED) is 0.816. The van der Waals surface area contributed by atoms with Crippen LogP contribution in [0.15, 0.2) is 0 Å². The van der Waals surface area contributed by atoms with Gasteiger partial charge in [0.25, 0.3) is 5.91 Å². The van der Waals surface area contributed by atoms with Gasteiger partial charge in [-0.1, -0.05) is 0 Å².